The molecule has 0 aliphatic heterocycles. The molecule has 0 saturated heterocycles. The average Bonchev–Trinajstić information content (AvgIpc) is 2.38. The summed E-state index contributed by atoms with van der Waals surface area (Å²) >= 11 is 0. The Labute approximate surface area is 112 Å². The van der Waals surface area contributed by atoms with Gasteiger partial charge in [0, 0.05) is 18.1 Å². The molecule has 0 amide bonds. The molecule has 100 valence electrons. The van der Waals surface area contributed by atoms with E-state index in [0.29, 0.717) is 5.69 Å². The fourth-order valence-electron chi connectivity index (χ4n) is 2.05. The SMILES string of the molecule is Cc1cc(F)cc(NC(C)(CO)c2ccncc2)c1. The summed E-state index contributed by atoms with van der Waals surface area (Å²) in [5.41, 5.74) is 1.69. The van der Waals surface area contributed by atoms with Crippen LogP contribution in [0.5, 0.6) is 0 Å². The Hall–Kier alpha value is -1.94. The van der Waals surface area contributed by atoms with Gasteiger partial charge < -0.3 is 10.4 Å². The highest BCUT2D eigenvalue weighted by Crippen LogP contribution is 2.26. The molecule has 0 aliphatic rings. The Morgan fingerprint density at radius 1 is 1.26 bits per heavy atom. The second kappa shape index (κ2) is 5.36. The molecule has 4 heteroatoms. The number of pyridine rings is 1. The van der Waals surface area contributed by atoms with Crippen LogP contribution in [-0.2, 0) is 5.54 Å². The Morgan fingerprint density at radius 3 is 2.53 bits per heavy atom. The summed E-state index contributed by atoms with van der Waals surface area (Å²) in [6.07, 6.45) is 3.34. The topological polar surface area (TPSA) is 45.1 Å². The summed E-state index contributed by atoms with van der Waals surface area (Å²) in [7, 11) is 0. The van der Waals surface area contributed by atoms with Gasteiger partial charge in [0.25, 0.3) is 0 Å². The van der Waals surface area contributed by atoms with E-state index >= 15 is 0 Å². The lowest BCUT2D eigenvalue weighted by molar-refractivity contribution is 0.224. The second-order valence-electron chi connectivity index (χ2n) is 4.87. The predicted molar refractivity (Wildman–Crippen MR) is 73.4 cm³/mol. The lowest BCUT2D eigenvalue weighted by Crippen LogP contribution is -2.35. The van der Waals surface area contributed by atoms with Crippen LogP contribution in [0.25, 0.3) is 0 Å². The summed E-state index contributed by atoms with van der Waals surface area (Å²) in [5.74, 6) is -0.294. The highest BCUT2D eigenvalue weighted by molar-refractivity contribution is 5.49. The molecular weight excluding hydrogens is 243 g/mol. The van der Waals surface area contributed by atoms with Crippen molar-refractivity contribution in [2.45, 2.75) is 19.4 Å². The van der Waals surface area contributed by atoms with E-state index in [4.69, 9.17) is 0 Å². The van der Waals surface area contributed by atoms with Gasteiger partial charge in [0.2, 0.25) is 0 Å². The van der Waals surface area contributed by atoms with Gasteiger partial charge >= 0.3 is 0 Å². The second-order valence-corrected chi connectivity index (χ2v) is 4.87. The number of rotatable bonds is 4. The summed E-state index contributed by atoms with van der Waals surface area (Å²) in [5, 5.41) is 12.8. The maximum atomic E-state index is 13.4. The third-order valence-corrected chi connectivity index (χ3v) is 3.10. The van der Waals surface area contributed by atoms with E-state index in [1.165, 1.54) is 12.1 Å². The van der Waals surface area contributed by atoms with Crippen molar-refractivity contribution in [2.24, 2.45) is 0 Å². The minimum absolute atomic E-state index is 0.105. The van der Waals surface area contributed by atoms with Gasteiger partial charge in [-0.25, -0.2) is 4.39 Å². The number of aliphatic hydroxyl groups excluding tert-OH is 1. The predicted octanol–water partition coefficient (Wildman–Crippen LogP) is 2.85. The van der Waals surface area contributed by atoms with Crippen LogP contribution in [0.3, 0.4) is 0 Å². The third kappa shape index (κ3) is 3.09. The molecule has 0 bridgehead atoms. The molecule has 0 saturated carbocycles. The van der Waals surface area contributed by atoms with Crippen molar-refractivity contribution in [1.29, 1.82) is 0 Å². The zero-order chi connectivity index (χ0) is 13.9. The first kappa shape index (κ1) is 13.5. The molecule has 1 aromatic heterocycles. The van der Waals surface area contributed by atoms with Gasteiger partial charge in [-0.15, -0.1) is 0 Å². The Morgan fingerprint density at radius 2 is 1.95 bits per heavy atom. The van der Waals surface area contributed by atoms with Gasteiger partial charge in [-0.05, 0) is 55.3 Å². The number of anilines is 1. The molecule has 1 aromatic carbocycles. The number of nitrogens with zero attached hydrogens (tertiary/aromatic N) is 1. The van der Waals surface area contributed by atoms with Crippen LogP contribution in [0.4, 0.5) is 10.1 Å². The number of nitrogens with one attached hydrogen (secondary N) is 1. The summed E-state index contributed by atoms with van der Waals surface area (Å²) in [4.78, 5) is 3.96. The standard InChI is InChI=1S/C15H17FN2O/c1-11-7-13(16)9-14(8-11)18-15(2,10-19)12-3-5-17-6-4-12/h3-9,18-19H,10H2,1-2H3. The lowest BCUT2D eigenvalue weighted by atomic mass is 9.93. The number of aliphatic hydroxyl groups is 1. The fraction of sp³-hybridized carbons (Fsp3) is 0.267. The zero-order valence-electron chi connectivity index (χ0n) is 11.0. The average molecular weight is 260 g/mol. The minimum atomic E-state index is -0.677. The molecule has 0 aliphatic carbocycles. The quantitative estimate of drug-likeness (QED) is 0.888. The van der Waals surface area contributed by atoms with Crippen LogP contribution < -0.4 is 5.32 Å². The van der Waals surface area contributed by atoms with E-state index in [9.17, 15) is 9.50 Å². The van der Waals surface area contributed by atoms with Crippen molar-refractivity contribution in [3.8, 4) is 0 Å². The third-order valence-electron chi connectivity index (χ3n) is 3.10. The van der Waals surface area contributed by atoms with Crippen molar-refractivity contribution in [3.05, 3.63) is 59.7 Å². The van der Waals surface area contributed by atoms with E-state index in [1.54, 1.807) is 12.4 Å². The first-order chi connectivity index (χ1) is 9.03. The normalized spacial score (nSPS) is 13.9. The van der Waals surface area contributed by atoms with Gasteiger partial charge in [-0.2, -0.15) is 0 Å². The maximum Gasteiger partial charge on any atom is 0.125 e. The van der Waals surface area contributed by atoms with Gasteiger partial charge in [-0.1, -0.05) is 0 Å². The molecule has 1 atom stereocenters. The molecule has 2 rings (SSSR count). The lowest BCUT2D eigenvalue weighted by Gasteiger charge is -2.30. The molecule has 0 spiro atoms. The van der Waals surface area contributed by atoms with E-state index in [0.717, 1.165) is 11.1 Å². The van der Waals surface area contributed by atoms with Crippen LogP contribution >= 0.6 is 0 Å². The highest BCUT2D eigenvalue weighted by Gasteiger charge is 2.25. The van der Waals surface area contributed by atoms with Gasteiger partial charge in [0.05, 0.1) is 12.1 Å². The summed E-state index contributed by atoms with van der Waals surface area (Å²) in [6, 6.07) is 8.39. The Bertz CT molecular complexity index is 539. The summed E-state index contributed by atoms with van der Waals surface area (Å²) in [6.45, 7) is 3.59. The number of hydrogen-bond donors (Lipinski definition) is 2. The molecule has 0 radical (unpaired) electrons. The van der Waals surface area contributed by atoms with E-state index in [1.807, 2.05) is 32.0 Å². The van der Waals surface area contributed by atoms with Gasteiger partial charge in [-0.3, -0.25) is 4.98 Å². The Balaban J connectivity index is 2.33. The number of benzene rings is 1. The van der Waals surface area contributed by atoms with Crippen molar-refractivity contribution in [1.82, 2.24) is 4.98 Å². The smallest absolute Gasteiger partial charge is 0.125 e. The first-order valence-electron chi connectivity index (χ1n) is 6.10. The summed E-state index contributed by atoms with van der Waals surface area (Å²) < 4.78 is 13.4. The number of halogens is 1. The molecular formula is C15H17FN2O. The maximum absolute atomic E-state index is 13.4. The largest absolute Gasteiger partial charge is 0.394 e. The van der Waals surface area contributed by atoms with Crippen molar-refractivity contribution >= 4 is 5.69 Å². The van der Waals surface area contributed by atoms with E-state index in [2.05, 4.69) is 10.3 Å². The van der Waals surface area contributed by atoms with Crippen LogP contribution in [0.1, 0.15) is 18.1 Å². The van der Waals surface area contributed by atoms with Crippen molar-refractivity contribution in [3.63, 3.8) is 0 Å². The molecule has 2 aromatic rings. The molecule has 1 heterocycles. The highest BCUT2D eigenvalue weighted by atomic mass is 19.1. The fourth-order valence-corrected chi connectivity index (χ4v) is 2.05. The minimum Gasteiger partial charge on any atom is -0.394 e. The molecule has 0 fully saturated rings. The Kier molecular flexibility index (Phi) is 3.81. The van der Waals surface area contributed by atoms with Crippen LogP contribution in [0.15, 0.2) is 42.7 Å². The van der Waals surface area contributed by atoms with Gasteiger partial charge in [0.15, 0.2) is 0 Å². The molecule has 1 unspecified atom stereocenters. The molecule has 2 N–H and O–H groups in total. The van der Waals surface area contributed by atoms with E-state index in [-0.39, 0.29) is 12.4 Å². The van der Waals surface area contributed by atoms with Crippen LogP contribution in [-0.4, -0.2) is 16.7 Å². The zero-order valence-corrected chi connectivity index (χ0v) is 11.0. The number of hydrogen-bond acceptors (Lipinski definition) is 3. The monoisotopic (exact) mass is 260 g/mol. The molecule has 19 heavy (non-hydrogen) atoms. The van der Waals surface area contributed by atoms with Crippen LogP contribution in [0.2, 0.25) is 0 Å². The molecule has 3 nitrogen and oxygen atoms in total. The number of aromatic nitrogens is 1. The first-order valence-corrected chi connectivity index (χ1v) is 6.10. The van der Waals surface area contributed by atoms with Crippen LogP contribution in [0, 0.1) is 12.7 Å². The van der Waals surface area contributed by atoms with Crippen molar-refractivity contribution in [2.75, 3.05) is 11.9 Å². The van der Waals surface area contributed by atoms with E-state index < -0.39 is 5.54 Å². The number of aryl methyl sites for hydroxylation is 1. The van der Waals surface area contributed by atoms with Crippen molar-refractivity contribution < 1.29 is 9.50 Å². The van der Waals surface area contributed by atoms with Gasteiger partial charge in [0.1, 0.15) is 5.82 Å².